The fraction of sp³-hybridized carbons (Fsp3) is 0.263. The van der Waals surface area contributed by atoms with Crippen LogP contribution in [0.4, 0.5) is 0 Å². The summed E-state index contributed by atoms with van der Waals surface area (Å²) in [5, 5.41) is 10.8. The molecule has 0 unspecified atom stereocenters. The SMILES string of the molecule is Cc1[nH]c2ccc(CCNS(=O)(=O)c3ccc(Cl)cc3)cc2c1CCO. The lowest BCUT2D eigenvalue weighted by Gasteiger charge is -2.07. The summed E-state index contributed by atoms with van der Waals surface area (Å²) in [6, 6.07) is 12.1. The maximum absolute atomic E-state index is 12.3. The molecule has 0 radical (unpaired) electrons. The van der Waals surface area contributed by atoms with Gasteiger partial charge in [0.2, 0.25) is 10.0 Å². The van der Waals surface area contributed by atoms with Crippen molar-refractivity contribution in [2.45, 2.75) is 24.7 Å². The molecule has 3 N–H and O–H groups in total. The highest BCUT2D eigenvalue weighted by Gasteiger charge is 2.13. The average Bonchev–Trinajstić information content (AvgIpc) is 2.91. The van der Waals surface area contributed by atoms with Gasteiger partial charge in [-0.2, -0.15) is 0 Å². The number of aromatic amines is 1. The quantitative estimate of drug-likeness (QED) is 0.577. The molecule has 0 fully saturated rings. The van der Waals surface area contributed by atoms with Crippen molar-refractivity contribution in [3.8, 4) is 0 Å². The number of aromatic nitrogens is 1. The Kier molecular flexibility index (Phi) is 5.67. The van der Waals surface area contributed by atoms with Crippen LogP contribution in [0.3, 0.4) is 0 Å². The van der Waals surface area contributed by atoms with Crippen LogP contribution in [0, 0.1) is 6.92 Å². The number of hydrogen-bond donors (Lipinski definition) is 3. The Hall–Kier alpha value is -1.86. The van der Waals surface area contributed by atoms with Gasteiger partial charge < -0.3 is 10.1 Å². The summed E-state index contributed by atoms with van der Waals surface area (Å²) in [5.74, 6) is 0. The van der Waals surface area contributed by atoms with Crippen molar-refractivity contribution >= 4 is 32.5 Å². The minimum absolute atomic E-state index is 0.0961. The van der Waals surface area contributed by atoms with Crippen molar-refractivity contribution in [1.29, 1.82) is 0 Å². The lowest BCUT2D eigenvalue weighted by Crippen LogP contribution is -2.25. The number of hydrogen-bond acceptors (Lipinski definition) is 3. The second-order valence-electron chi connectivity index (χ2n) is 6.18. The Morgan fingerprint density at radius 2 is 1.85 bits per heavy atom. The molecule has 0 aliphatic heterocycles. The number of halogens is 1. The number of aryl methyl sites for hydroxylation is 1. The Labute approximate surface area is 158 Å². The van der Waals surface area contributed by atoms with Gasteiger partial charge in [0, 0.05) is 34.8 Å². The number of fused-ring (bicyclic) bond motifs is 1. The summed E-state index contributed by atoms with van der Waals surface area (Å²) in [6.45, 7) is 2.39. The van der Waals surface area contributed by atoms with E-state index in [1.165, 1.54) is 12.1 Å². The summed E-state index contributed by atoms with van der Waals surface area (Å²) in [4.78, 5) is 3.51. The first-order valence-corrected chi connectivity index (χ1v) is 10.2. The summed E-state index contributed by atoms with van der Waals surface area (Å²) in [6.07, 6.45) is 1.17. The third kappa shape index (κ3) is 4.10. The number of H-pyrrole nitrogens is 1. The molecule has 138 valence electrons. The molecule has 26 heavy (non-hydrogen) atoms. The number of aliphatic hydroxyl groups excluding tert-OH is 1. The molecule has 3 rings (SSSR count). The van der Waals surface area contributed by atoms with E-state index in [0.717, 1.165) is 27.7 Å². The normalized spacial score (nSPS) is 12.0. The number of benzene rings is 2. The van der Waals surface area contributed by atoms with Gasteiger partial charge in [0.25, 0.3) is 0 Å². The number of nitrogens with one attached hydrogen (secondary N) is 2. The number of sulfonamides is 1. The van der Waals surface area contributed by atoms with Crippen molar-refractivity contribution < 1.29 is 13.5 Å². The molecular formula is C19H21ClN2O3S. The zero-order chi connectivity index (χ0) is 18.7. The Morgan fingerprint density at radius 3 is 2.54 bits per heavy atom. The molecule has 7 heteroatoms. The number of aliphatic hydroxyl groups is 1. The van der Waals surface area contributed by atoms with Crippen LogP contribution in [0.15, 0.2) is 47.4 Å². The van der Waals surface area contributed by atoms with Crippen molar-refractivity contribution in [2.24, 2.45) is 0 Å². The molecule has 0 saturated carbocycles. The molecule has 1 aromatic heterocycles. The van der Waals surface area contributed by atoms with Gasteiger partial charge >= 0.3 is 0 Å². The molecule has 0 amide bonds. The summed E-state index contributed by atoms with van der Waals surface area (Å²) in [7, 11) is -3.55. The van der Waals surface area contributed by atoms with Crippen molar-refractivity contribution in [3.05, 3.63) is 64.3 Å². The molecule has 0 aliphatic rings. The van der Waals surface area contributed by atoms with Gasteiger partial charge in [-0.15, -0.1) is 0 Å². The largest absolute Gasteiger partial charge is 0.396 e. The van der Waals surface area contributed by atoms with Gasteiger partial charge in [-0.25, -0.2) is 13.1 Å². The first-order chi connectivity index (χ1) is 12.4. The highest BCUT2D eigenvalue weighted by atomic mass is 35.5. The van der Waals surface area contributed by atoms with Crippen LogP contribution in [0.25, 0.3) is 10.9 Å². The standard InChI is InChI=1S/C19H21ClN2O3S/c1-13-17(9-11-23)18-12-14(2-7-19(18)22-13)8-10-21-26(24,25)16-5-3-15(20)4-6-16/h2-7,12,21-23H,8-11H2,1H3. The van der Waals surface area contributed by atoms with Crippen LogP contribution in [-0.2, 0) is 22.9 Å². The molecule has 0 spiro atoms. The topological polar surface area (TPSA) is 82.2 Å². The van der Waals surface area contributed by atoms with Crippen LogP contribution in [0.1, 0.15) is 16.8 Å². The molecule has 2 aromatic carbocycles. The summed E-state index contributed by atoms with van der Waals surface area (Å²) in [5.41, 5.74) is 4.21. The fourth-order valence-electron chi connectivity index (χ4n) is 3.05. The Bertz CT molecular complexity index is 1010. The predicted molar refractivity (Wildman–Crippen MR) is 104 cm³/mol. The number of rotatable bonds is 7. The van der Waals surface area contributed by atoms with E-state index in [9.17, 15) is 13.5 Å². The zero-order valence-electron chi connectivity index (χ0n) is 14.4. The monoisotopic (exact) mass is 392 g/mol. The maximum Gasteiger partial charge on any atom is 0.240 e. The Balaban J connectivity index is 1.71. The van der Waals surface area contributed by atoms with Crippen LogP contribution in [0.5, 0.6) is 0 Å². The minimum atomic E-state index is -3.55. The molecule has 0 bridgehead atoms. The van der Waals surface area contributed by atoms with Gasteiger partial charge in [-0.3, -0.25) is 0 Å². The second-order valence-corrected chi connectivity index (χ2v) is 8.39. The predicted octanol–water partition coefficient (Wildman–Crippen LogP) is 3.19. The zero-order valence-corrected chi connectivity index (χ0v) is 16.0. The molecule has 3 aromatic rings. The average molecular weight is 393 g/mol. The van der Waals surface area contributed by atoms with E-state index in [-0.39, 0.29) is 11.5 Å². The van der Waals surface area contributed by atoms with Crippen molar-refractivity contribution in [1.82, 2.24) is 9.71 Å². The Morgan fingerprint density at radius 1 is 1.12 bits per heavy atom. The van der Waals surface area contributed by atoms with Crippen LogP contribution < -0.4 is 4.72 Å². The third-order valence-corrected chi connectivity index (χ3v) is 6.10. The molecule has 0 aliphatic carbocycles. The fourth-order valence-corrected chi connectivity index (χ4v) is 4.20. The van der Waals surface area contributed by atoms with E-state index in [1.54, 1.807) is 12.1 Å². The maximum atomic E-state index is 12.3. The lowest BCUT2D eigenvalue weighted by molar-refractivity contribution is 0.300. The van der Waals surface area contributed by atoms with Gasteiger partial charge in [0.1, 0.15) is 0 Å². The molecule has 5 nitrogen and oxygen atoms in total. The van der Waals surface area contributed by atoms with E-state index in [1.807, 2.05) is 19.1 Å². The third-order valence-electron chi connectivity index (χ3n) is 4.38. The highest BCUT2D eigenvalue weighted by Crippen LogP contribution is 2.24. The first kappa shape index (κ1) is 18.9. The van der Waals surface area contributed by atoms with Crippen LogP contribution >= 0.6 is 11.6 Å². The molecule has 1 heterocycles. The molecular weight excluding hydrogens is 372 g/mol. The van der Waals surface area contributed by atoms with Gasteiger partial charge in [0.05, 0.1) is 4.90 Å². The molecule has 0 saturated heterocycles. The van der Waals surface area contributed by atoms with Gasteiger partial charge in [0.15, 0.2) is 0 Å². The molecule has 0 atom stereocenters. The smallest absolute Gasteiger partial charge is 0.240 e. The first-order valence-electron chi connectivity index (χ1n) is 8.37. The van der Waals surface area contributed by atoms with E-state index in [4.69, 9.17) is 11.6 Å². The van der Waals surface area contributed by atoms with E-state index in [2.05, 4.69) is 15.8 Å². The second kappa shape index (κ2) is 7.80. The summed E-state index contributed by atoms with van der Waals surface area (Å²) < 4.78 is 27.2. The highest BCUT2D eigenvalue weighted by molar-refractivity contribution is 7.89. The minimum Gasteiger partial charge on any atom is -0.396 e. The van der Waals surface area contributed by atoms with Crippen LogP contribution in [-0.4, -0.2) is 31.7 Å². The van der Waals surface area contributed by atoms with E-state index >= 15 is 0 Å². The van der Waals surface area contributed by atoms with E-state index in [0.29, 0.717) is 24.4 Å². The van der Waals surface area contributed by atoms with Crippen LogP contribution in [0.2, 0.25) is 5.02 Å². The van der Waals surface area contributed by atoms with E-state index < -0.39 is 10.0 Å². The van der Waals surface area contributed by atoms with Gasteiger partial charge in [-0.1, -0.05) is 17.7 Å². The van der Waals surface area contributed by atoms with Crippen molar-refractivity contribution in [3.63, 3.8) is 0 Å². The lowest BCUT2D eigenvalue weighted by atomic mass is 10.0. The van der Waals surface area contributed by atoms with Gasteiger partial charge in [-0.05, 0) is 67.3 Å². The summed E-state index contributed by atoms with van der Waals surface area (Å²) >= 11 is 5.80. The van der Waals surface area contributed by atoms with Crippen molar-refractivity contribution in [2.75, 3.05) is 13.2 Å².